The third-order valence-corrected chi connectivity index (χ3v) is 2.72. The van der Waals surface area contributed by atoms with Crippen LogP contribution in [0.4, 0.5) is 0 Å². The first-order valence-electron chi connectivity index (χ1n) is 4.81. The SMILES string of the molecule is C[N+]1([O-])CC=CC[C@H]1c1cccnc1. The van der Waals surface area contributed by atoms with E-state index < -0.39 is 0 Å². The van der Waals surface area contributed by atoms with E-state index in [0.29, 0.717) is 6.54 Å². The number of likely N-dealkylation sites (N-methyl/N-ethyl adjacent to an activating group) is 1. The van der Waals surface area contributed by atoms with E-state index in [1.807, 2.05) is 18.2 Å². The normalized spacial score (nSPS) is 31.7. The van der Waals surface area contributed by atoms with Gasteiger partial charge in [0.2, 0.25) is 0 Å². The van der Waals surface area contributed by atoms with E-state index in [-0.39, 0.29) is 10.7 Å². The van der Waals surface area contributed by atoms with Crippen molar-refractivity contribution in [2.75, 3.05) is 13.6 Å². The number of rotatable bonds is 1. The lowest BCUT2D eigenvalue weighted by Gasteiger charge is -2.46. The lowest BCUT2D eigenvalue weighted by atomic mass is 10.0. The van der Waals surface area contributed by atoms with Gasteiger partial charge in [0.15, 0.2) is 0 Å². The molecule has 0 radical (unpaired) electrons. The standard InChI is InChI=1S/C11H14N2O/c1-13(14)8-3-2-6-11(13)10-5-4-7-12-9-10/h2-5,7,9,11H,6,8H2,1H3/t11-,13?/m0/s1. The summed E-state index contributed by atoms with van der Waals surface area (Å²) in [5.41, 5.74) is 1.04. The van der Waals surface area contributed by atoms with E-state index in [1.165, 1.54) is 0 Å². The van der Waals surface area contributed by atoms with Crippen molar-refractivity contribution in [1.82, 2.24) is 4.98 Å². The van der Waals surface area contributed by atoms with Crippen LogP contribution in [0.2, 0.25) is 0 Å². The Kier molecular flexibility index (Phi) is 2.35. The van der Waals surface area contributed by atoms with Crippen molar-refractivity contribution >= 4 is 0 Å². The van der Waals surface area contributed by atoms with Crippen LogP contribution in [0.15, 0.2) is 36.7 Å². The summed E-state index contributed by atoms with van der Waals surface area (Å²) in [6.07, 6.45) is 8.37. The fourth-order valence-corrected chi connectivity index (χ4v) is 1.88. The van der Waals surface area contributed by atoms with Gasteiger partial charge in [0.1, 0.15) is 6.04 Å². The second-order valence-electron chi connectivity index (χ2n) is 3.87. The summed E-state index contributed by atoms with van der Waals surface area (Å²) in [5, 5.41) is 12.1. The first-order valence-corrected chi connectivity index (χ1v) is 4.81. The average Bonchev–Trinajstić information content (AvgIpc) is 2.18. The smallest absolute Gasteiger partial charge is 0.119 e. The van der Waals surface area contributed by atoms with Crippen LogP contribution in [-0.4, -0.2) is 23.2 Å². The Bertz CT molecular complexity index is 332. The van der Waals surface area contributed by atoms with Crippen molar-refractivity contribution in [1.29, 1.82) is 0 Å². The number of aromatic nitrogens is 1. The molecule has 1 unspecified atom stereocenters. The van der Waals surface area contributed by atoms with E-state index >= 15 is 0 Å². The number of hydroxylamine groups is 3. The topological polar surface area (TPSA) is 36.0 Å². The molecule has 2 rings (SSSR count). The summed E-state index contributed by atoms with van der Waals surface area (Å²) in [6.45, 7) is 0.555. The molecule has 0 N–H and O–H groups in total. The Labute approximate surface area is 83.9 Å². The largest absolute Gasteiger partial charge is 0.632 e. The van der Waals surface area contributed by atoms with Gasteiger partial charge < -0.3 is 9.85 Å². The van der Waals surface area contributed by atoms with Gasteiger partial charge >= 0.3 is 0 Å². The lowest BCUT2D eigenvalue weighted by molar-refractivity contribution is -0.888. The highest BCUT2D eigenvalue weighted by Crippen LogP contribution is 2.31. The van der Waals surface area contributed by atoms with Gasteiger partial charge in [0.05, 0.1) is 13.6 Å². The molecule has 0 aliphatic carbocycles. The maximum absolute atomic E-state index is 12.1. The minimum Gasteiger partial charge on any atom is -0.632 e. The highest BCUT2D eigenvalue weighted by atomic mass is 16.5. The van der Waals surface area contributed by atoms with E-state index in [4.69, 9.17) is 0 Å². The zero-order chi connectivity index (χ0) is 10.0. The quantitative estimate of drug-likeness (QED) is 0.386. The van der Waals surface area contributed by atoms with Crippen molar-refractivity contribution in [3.8, 4) is 0 Å². The van der Waals surface area contributed by atoms with E-state index in [9.17, 15) is 5.21 Å². The van der Waals surface area contributed by atoms with Crippen LogP contribution >= 0.6 is 0 Å². The maximum Gasteiger partial charge on any atom is 0.119 e. The summed E-state index contributed by atoms with van der Waals surface area (Å²) >= 11 is 0. The van der Waals surface area contributed by atoms with Crippen molar-refractivity contribution < 1.29 is 4.65 Å². The highest BCUT2D eigenvalue weighted by molar-refractivity contribution is 5.14. The Morgan fingerprint density at radius 1 is 1.50 bits per heavy atom. The maximum atomic E-state index is 12.1. The summed E-state index contributed by atoms with van der Waals surface area (Å²) in [7, 11) is 1.72. The van der Waals surface area contributed by atoms with Gasteiger partial charge in [-0.15, -0.1) is 0 Å². The molecule has 1 aliphatic rings. The summed E-state index contributed by atoms with van der Waals surface area (Å²) in [5.74, 6) is 0. The second kappa shape index (κ2) is 3.52. The molecule has 0 bridgehead atoms. The molecular formula is C11H14N2O. The summed E-state index contributed by atoms with van der Waals surface area (Å²) in [6, 6.07) is 3.87. The third-order valence-electron chi connectivity index (χ3n) is 2.72. The molecule has 0 saturated carbocycles. The zero-order valence-corrected chi connectivity index (χ0v) is 8.26. The Hall–Kier alpha value is -1.19. The Morgan fingerprint density at radius 2 is 2.36 bits per heavy atom. The molecule has 0 amide bonds. The first kappa shape index (κ1) is 9.37. The molecule has 74 valence electrons. The molecule has 3 nitrogen and oxygen atoms in total. The molecule has 1 aromatic heterocycles. The Balaban J connectivity index is 2.30. The number of hydrogen-bond acceptors (Lipinski definition) is 2. The number of hydrogen-bond donors (Lipinski definition) is 0. The number of pyridine rings is 1. The van der Waals surface area contributed by atoms with E-state index in [1.54, 1.807) is 19.4 Å². The van der Waals surface area contributed by atoms with Crippen LogP contribution in [-0.2, 0) is 0 Å². The van der Waals surface area contributed by atoms with Crippen LogP contribution < -0.4 is 0 Å². The fourth-order valence-electron chi connectivity index (χ4n) is 1.88. The summed E-state index contributed by atoms with van der Waals surface area (Å²) < 4.78 is -0.220. The second-order valence-corrected chi connectivity index (χ2v) is 3.87. The first-order chi connectivity index (χ1) is 6.70. The molecule has 0 aromatic carbocycles. The predicted molar refractivity (Wildman–Crippen MR) is 55.2 cm³/mol. The molecular weight excluding hydrogens is 176 g/mol. The number of quaternary nitrogens is 1. The molecule has 0 saturated heterocycles. The molecule has 14 heavy (non-hydrogen) atoms. The van der Waals surface area contributed by atoms with Gasteiger partial charge in [-0.2, -0.15) is 0 Å². The highest BCUT2D eigenvalue weighted by Gasteiger charge is 2.26. The molecule has 0 fully saturated rings. The van der Waals surface area contributed by atoms with Crippen LogP contribution in [0.1, 0.15) is 18.0 Å². The predicted octanol–water partition coefficient (Wildman–Crippen LogP) is 2.03. The van der Waals surface area contributed by atoms with E-state index in [0.717, 1.165) is 12.0 Å². The molecule has 2 atom stereocenters. The molecule has 1 aromatic rings. The zero-order valence-electron chi connectivity index (χ0n) is 8.26. The molecule has 0 spiro atoms. The van der Waals surface area contributed by atoms with Crippen LogP contribution in [0.5, 0.6) is 0 Å². The van der Waals surface area contributed by atoms with Crippen molar-refractivity contribution in [2.45, 2.75) is 12.5 Å². The van der Waals surface area contributed by atoms with Crippen LogP contribution in [0, 0.1) is 5.21 Å². The minimum atomic E-state index is -0.220. The molecule has 2 heterocycles. The monoisotopic (exact) mass is 190 g/mol. The van der Waals surface area contributed by atoms with Crippen molar-refractivity contribution in [3.63, 3.8) is 0 Å². The van der Waals surface area contributed by atoms with Gasteiger partial charge in [0, 0.05) is 24.4 Å². The van der Waals surface area contributed by atoms with Crippen molar-refractivity contribution in [2.24, 2.45) is 0 Å². The van der Waals surface area contributed by atoms with Gasteiger partial charge in [-0.25, -0.2) is 0 Å². The molecule has 1 aliphatic heterocycles. The van der Waals surface area contributed by atoms with E-state index in [2.05, 4.69) is 11.1 Å². The van der Waals surface area contributed by atoms with Gasteiger partial charge in [-0.05, 0) is 18.2 Å². The summed E-state index contributed by atoms with van der Waals surface area (Å²) in [4.78, 5) is 4.05. The average molecular weight is 190 g/mol. The Morgan fingerprint density at radius 3 is 3.00 bits per heavy atom. The number of nitrogens with zero attached hydrogens (tertiary/aromatic N) is 2. The fraction of sp³-hybridized carbons (Fsp3) is 0.364. The minimum absolute atomic E-state index is 0.00806. The van der Waals surface area contributed by atoms with Gasteiger partial charge in [-0.3, -0.25) is 4.98 Å². The van der Waals surface area contributed by atoms with Gasteiger partial charge in [-0.1, -0.05) is 6.08 Å². The van der Waals surface area contributed by atoms with Crippen molar-refractivity contribution in [3.05, 3.63) is 47.4 Å². The third kappa shape index (κ3) is 1.69. The van der Waals surface area contributed by atoms with Crippen LogP contribution in [0.3, 0.4) is 0 Å². The van der Waals surface area contributed by atoms with Gasteiger partial charge in [0.25, 0.3) is 0 Å². The lowest BCUT2D eigenvalue weighted by Crippen LogP contribution is -2.43. The van der Waals surface area contributed by atoms with Crippen LogP contribution in [0.25, 0.3) is 0 Å². The molecule has 3 heteroatoms.